The van der Waals surface area contributed by atoms with Crippen molar-refractivity contribution in [3.8, 4) is 11.5 Å². The van der Waals surface area contributed by atoms with Gasteiger partial charge in [-0.1, -0.05) is 32.0 Å². The molecule has 0 aromatic heterocycles. The Hall–Kier alpha value is -2.05. The van der Waals surface area contributed by atoms with Crippen LogP contribution in [-0.4, -0.2) is 33.0 Å². The third kappa shape index (κ3) is 3.80. The van der Waals surface area contributed by atoms with E-state index in [0.717, 1.165) is 11.1 Å². The molecule has 3 rings (SSSR count). The first-order valence-corrected chi connectivity index (χ1v) is 9.77. The van der Waals surface area contributed by atoms with Crippen molar-refractivity contribution in [2.45, 2.75) is 31.2 Å². The van der Waals surface area contributed by atoms with Gasteiger partial charge in [0.05, 0.1) is 4.90 Å². The molecule has 1 aliphatic rings. The van der Waals surface area contributed by atoms with Gasteiger partial charge in [-0.05, 0) is 41.3 Å². The molecular weight excluding hydrogens is 338 g/mol. The fourth-order valence-electron chi connectivity index (χ4n) is 2.73. The third-order valence-electron chi connectivity index (χ3n) is 4.27. The predicted octanol–water partition coefficient (Wildman–Crippen LogP) is 3.40. The largest absolute Gasteiger partial charge is 0.486 e. The molecule has 0 saturated heterocycles. The van der Waals surface area contributed by atoms with Gasteiger partial charge in [0.1, 0.15) is 13.2 Å². The van der Waals surface area contributed by atoms with Crippen molar-refractivity contribution in [1.82, 2.24) is 4.31 Å². The maximum Gasteiger partial charge on any atom is 0.243 e. The molecule has 2 aromatic carbocycles. The summed E-state index contributed by atoms with van der Waals surface area (Å²) in [7, 11) is -1.95. The number of hydrogen-bond donors (Lipinski definition) is 0. The van der Waals surface area contributed by atoms with Crippen LogP contribution in [-0.2, 0) is 16.6 Å². The van der Waals surface area contributed by atoms with Gasteiger partial charge in [0, 0.05) is 13.6 Å². The quantitative estimate of drug-likeness (QED) is 0.819. The molecular formula is C19H23NO4S. The van der Waals surface area contributed by atoms with Crippen molar-refractivity contribution in [3.05, 3.63) is 53.6 Å². The van der Waals surface area contributed by atoms with Crippen LogP contribution in [0.15, 0.2) is 47.4 Å². The Kier molecular flexibility index (Phi) is 5.01. The van der Waals surface area contributed by atoms with Gasteiger partial charge >= 0.3 is 0 Å². The Balaban J connectivity index is 1.78. The lowest BCUT2D eigenvalue weighted by Gasteiger charge is -2.21. The van der Waals surface area contributed by atoms with Crippen LogP contribution < -0.4 is 9.47 Å². The Morgan fingerprint density at radius 2 is 1.64 bits per heavy atom. The summed E-state index contributed by atoms with van der Waals surface area (Å²) in [5, 5.41) is 0. The number of sulfonamides is 1. The second-order valence-corrected chi connectivity index (χ2v) is 8.51. The van der Waals surface area contributed by atoms with E-state index in [1.807, 2.05) is 30.3 Å². The van der Waals surface area contributed by atoms with Crippen molar-refractivity contribution in [2.75, 3.05) is 20.3 Å². The summed E-state index contributed by atoms with van der Waals surface area (Å²) >= 11 is 0. The Bertz CT molecular complexity index is 844. The molecule has 134 valence electrons. The summed E-state index contributed by atoms with van der Waals surface area (Å²) in [5.41, 5.74) is 1.97. The van der Waals surface area contributed by atoms with E-state index in [1.54, 1.807) is 19.2 Å². The lowest BCUT2D eigenvalue weighted by atomic mass is 10.0. The van der Waals surface area contributed by atoms with Crippen molar-refractivity contribution in [2.24, 2.45) is 0 Å². The molecule has 0 aliphatic carbocycles. The normalized spacial score (nSPS) is 14.1. The van der Waals surface area contributed by atoms with Crippen molar-refractivity contribution in [1.29, 1.82) is 0 Å². The molecule has 2 aromatic rings. The second-order valence-electron chi connectivity index (χ2n) is 6.46. The molecule has 0 radical (unpaired) electrons. The molecule has 0 atom stereocenters. The standard InChI is InChI=1S/C19H23NO4S/c1-14(2)16-5-7-17(8-6-16)25(21,22)20(3)13-15-4-9-18-19(12-15)24-11-10-23-18/h4-9,12,14H,10-11,13H2,1-3H3. The van der Waals surface area contributed by atoms with Gasteiger partial charge in [-0.15, -0.1) is 0 Å². The minimum atomic E-state index is -3.54. The van der Waals surface area contributed by atoms with Crippen LogP contribution in [0.3, 0.4) is 0 Å². The van der Waals surface area contributed by atoms with Crippen LogP contribution >= 0.6 is 0 Å². The molecule has 0 saturated carbocycles. The van der Waals surface area contributed by atoms with Gasteiger partial charge in [0.15, 0.2) is 11.5 Å². The summed E-state index contributed by atoms with van der Waals surface area (Å²) in [6, 6.07) is 12.6. The lowest BCUT2D eigenvalue weighted by Crippen LogP contribution is -2.26. The zero-order valence-corrected chi connectivity index (χ0v) is 15.5. The highest BCUT2D eigenvalue weighted by Crippen LogP contribution is 2.31. The molecule has 0 N–H and O–H groups in total. The number of benzene rings is 2. The molecule has 25 heavy (non-hydrogen) atoms. The summed E-state index contributed by atoms with van der Waals surface area (Å²) < 4.78 is 38.0. The summed E-state index contributed by atoms with van der Waals surface area (Å²) in [5.74, 6) is 1.73. The van der Waals surface area contributed by atoms with Crippen molar-refractivity contribution in [3.63, 3.8) is 0 Å². The molecule has 0 fully saturated rings. The fourth-order valence-corrected chi connectivity index (χ4v) is 3.89. The first kappa shape index (κ1) is 17.8. The van der Waals surface area contributed by atoms with Gasteiger partial charge in [-0.25, -0.2) is 8.42 Å². The number of ether oxygens (including phenoxy) is 2. The first-order valence-electron chi connectivity index (χ1n) is 8.33. The van der Waals surface area contributed by atoms with Crippen LogP contribution in [0.4, 0.5) is 0 Å². The molecule has 0 spiro atoms. The third-order valence-corrected chi connectivity index (χ3v) is 6.08. The highest BCUT2D eigenvalue weighted by molar-refractivity contribution is 7.89. The Morgan fingerprint density at radius 1 is 1.00 bits per heavy atom. The van der Waals surface area contributed by atoms with E-state index in [9.17, 15) is 8.42 Å². The topological polar surface area (TPSA) is 55.8 Å². The molecule has 0 amide bonds. The first-order chi connectivity index (χ1) is 11.9. The van der Waals surface area contributed by atoms with E-state index in [4.69, 9.17) is 9.47 Å². The minimum Gasteiger partial charge on any atom is -0.486 e. The molecule has 0 unspecified atom stereocenters. The van der Waals surface area contributed by atoms with Gasteiger partial charge in [-0.2, -0.15) is 4.31 Å². The minimum absolute atomic E-state index is 0.269. The summed E-state index contributed by atoms with van der Waals surface area (Å²) in [6.45, 7) is 5.47. The number of hydrogen-bond acceptors (Lipinski definition) is 4. The lowest BCUT2D eigenvalue weighted by molar-refractivity contribution is 0.171. The van der Waals surface area contributed by atoms with E-state index in [0.29, 0.717) is 35.5 Å². The van der Waals surface area contributed by atoms with Gasteiger partial charge in [0.2, 0.25) is 10.0 Å². The molecule has 6 heteroatoms. The smallest absolute Gasteiger partial charge is 0.243 e. The average molecular weight is 361 g/mol. The Morgan fingerprint density at radius 3 is 2.28 bits per heavy atom. The van der Waals surface area contributed by atoms with E-state index in [-0.39, 0.29) is 6.54 Å². The van der Waals surface area contributed by atoms with Gasteiger partial charge in [-0.3, -0.25) is 0 Å². The molecule has 5 nitrogen and oxygen atoms in total. The zero-order chi connectivity index (χ0) is 18.0. The van der Waals surface area contributed by atoms with Gasteiger partial charge in [0.25, 0.3) is 0 Å². The van der Waals surface area contributed by atoms with Crippen LogP contribution in [0.1, 0.15) is 30.9 Å². The van der Waals surface area contributed by atoms with E-state index >= 15 is 0 Å². The second kappa shape index (κ2) is 7.06. The van der Waals surface area contributed by atoms with Crippen LogP contribution in [0.5, 0.6) is 11.5 Å². The highest BCUT2D eigenvalue weighted by atomic mass is 32.2. The zero-order valence-electron chi connectivity index (χ0n) is 14.7. The van der Waals surface area contributed by atoms with Gasteiger partial charge < -0.3 is 9.47 Å². The van der Waals surface area contributed by atoms with Crippen LogP contribution in [0.2, 0.25) is 0 Å². The van der Waals surface area contributed by atoms with E-state index < -0.39 is 10.0 Å². The van der Waals surface area contributed by atoms with Crippen molar-refractivity contribution < 1.29 is 17.9 Å². The monoisotopic (exact) mass is 361 g/mol. The number of fused-ring (bicyclic) bond motifs is 1. The summed E-state index contributed by atoms with van der Waals surface area (Å²) in [4.78, 5) is 0.303. The van der Waals surface area contributed by atoms with Crippen molar-refractivity contribution >= 4 is 10.0 Å². The molecule has 1 heterocycles. The number of rotatable bonds is 5. The van der Waals surface area contributed by atoms with E-state index in [2.05, 4.69) is 13.8 Å². The summed E-state index contributed by atoms with van der Waals surface area (Å²) in [6.07, 6.45) is 0. The maximum absolute atomic E-state index is 12.8. The maximum atomic E-state index is 12.8. The SMILES string of the molecule is CC(C)c1ccc(S(=O)(=O)N(C)Cc2ccc3c(c2)OCCO3)cc1. The Labute approximate surface area is 149 Å². The fraction of sp³-hybridized carbons (Fsp3) is 0.368. The predicted molar refractivity (Wildman–Crippen MR) is 96.6 cm³/mol. The molecule has 1 aliphatic heterocycles. The van der Waals surface area contributed by atoms with Crippen LogP contribution in [0.25, 0.3) is 0 Å². The van der Waals surface area contributed by atoms with E-state index in [1.165, 1.54) is 4.31 Å². The average Bonchev–Trinajstić information content (AvgIpc) is 2.61. The number of nitrogens with zero attached hydrogens (tertiary/aromatic N) is 1. The molecule has 0 bridgehead atoms. The highest BCUT2D eigenvalue weighted by Gasteiger charge is 2.22. The van der Waals surface area contributed by atoms with Crippen LogP contribution in [0, 0.1) is 0 Å².